The maximum Gasteiger partial charge on any atom is 0.214 e. The molecule has 0 fully saturated rings. The van der Waals surface area contributed by atoms with Gasteiger partial charge in [-0.25, -0.2) is 13.1 Å². The molecule has 2 aromatic carbocycles. The normalized spacial score (nSPS) is 11.3. The molecule has 1 N–H and O–H groups in total. The zero-order valence-corrected chi connectivity index (χ0v) is 15.5. The zero-order valence-electron chi connectivity index (χ0n) is 14.7. The molecule has 0 unspecified atom stereocenters. The number of methoxy groups -OCH3 is 1. The Bertz CT molecular complexity index is 757. The monoisotopic (exact) mass is 363 g/mol. The van der Waals surface area contributed by atoms with E-state index in [1.54, 1.807) is 7.11 Å². The van der Waals surface area contributed by atoms with E-state index in [1.165, 1.54) is 5.56 Å². The van der Waals surface area contributed by atoms with Gasteiger partial charge in [-0.1, -0.05) is 31.2 Å². The van der Waals surface area contributed by atoms with Crippen molar-refractivity contribution in [2.45, 2.75) is 19.8 Å². The minimum absolute atomic E-state index is 0.0688. The zero-order chi connectivity index (χ0) is 18.1. The molecule has 2 aromatic rings. The number of ether oxygens (including phenoxy) is 2. The van der Waals surface area contributed by atoms with Crippen LogP contribution in [0.5, 0.6) is 11.5 Å². The van der Waals surface area contributed by atoms with Crippen molar-refractivity contribution >= 4 is 10.0 Å². The van der Waals surface area contributed by atoms with Gasteiger partial charge in [0.2, 0.25) is 10.0 Å². The van der Waals surface area contributed by atoms with Gasteiger partial charge in [0.25, 0.3) is 0 Å². The highest BCUT2D eigenvalue weighted by Crippen LogP contribution is 2.13. The van der Waals surface area contributed by atoms with E-state index in [1.807, 2.05) is 48.5 Å². The highest BCUT2D eigenvalue weighted by molar-refractivity contribution is 7.89. The molecule has 0 saturated heterocycles. The van der Waals surface area contributed by atoms with Gasteiger partial charge in [-0.05, 0) is 48.2 Å². The SMILES string of the molecule is CCc1ccc(OCCS(=O)(=O)NCCc2cccc(OC)c2)cc1. The maximum atomic E-state index is 12.0. The van der Waals surface area contributed by atoms with Crippen LogP contribution in [-0.2, 0) is 22.9 Å². The lowest BCUT2D eigenvalue weighted by Crippen LogP contribution is -2.30. The highest BCUT2D eigenvalue weighted by atomic mass is 32.2. The summed E-state index contributed by atoms with van der Waals surface area (Å²) < 4.78 is 37.3. The smallest absolute Gasteiger partial charge is 0.214 e. The van der Waals surface area contributed by atoms with E-state index in [4.69, 9.17) is 9.47 Å². The summed E-state index contributed by atoms with van der Waals surface area (Å²) in [4.78, 5) is 0. The second-order valence-corrected chi connectivity index (χ2v) is 7.59. The summed E-state index contributed by atoms with van der Waals surface area (Å²) in [6, 6.07) is 15.3. The summed E-state index contributed by atoms with van der Waals surface area (Å²) in [5.41, 5.74) is 2.24. The van der Waals surface area contributed by atoms with Gasteiger partial charge in [0.05, 0.1) is 12.9 Å². The predicted molar refractivity (Wildman–Crippen MR) is 99.8 cm³/mol. The third kappa shape index (κ3) is 6.76. The number of hydrogen-bond acceptors (Lipinski definition) is 4. The molecule has 0 atom stereocenters. The van der Waals surface area contributed by atoms with Crippen molar-refractivity contribution in [1.82, 2.24) is 4.72 Å². The van der Waals surface area contributed by atoms with E-state index in [-0.39, 0.29) is 12.4 Å². The maximum absolute atomic E-state index is 12.0. The molecule has 5 nitrogen and oxygen atoms in total. The molecule has 2 rings (SSSR count). The molecule has 0 aliphatic heterocycles. The molecule has 0 saturated carbocycles. The number of aryl methyl sites for hydroxylation is 1. The molecule has 0 aliphatic carbocycles. The first-order valence-corrected chi connectivity index (χ1v) is 9.99. The first-order chi connectivity index (χ1) is 12.0. The standard InChI is InChI=1S/C19H25NO4S/c1-3-16-7-9-18(10-8-16)24-13-14-25(21,22)20-12-11-17-5-4-6-19(15-17)23-2/h4-10,15,20H,3,11-14H2,1-2H3. The molecular weight excluding hydrogens is 338 g/mol. The number of hydrogen-bond donors (Lipinski definition) is 1. The molecule has 136 valence electrons. The lowest BCUT2D eigenvalue weighted by molar-refractivity contribution is 0.340. The van der Waals surface area contributed by atoms with Crippen LogP contribution in [0, 0.1) is 0 Å². The largest absolute Gasteiger partial charge is 0.497 e. The lowest BCUT2D eigenvalue weighted by Gasteiger charge is -2.09. The molecule has 0 aromatic heterocycles. The number of benzene rings is 2. The third-order valence-corrected chi connectivity index (χ3v) is 5.17. The Hall–Kier alpha value is -2.05. The molecule has 0 radical (unpaired) electrons. The Morgan fingerprint density at radius 1 is 1.00 bits per heavy atom. The van der Waals surface area contributed by atoms with Crippen LogP contribution in [0.15, 0.2) is 48.5 Å². The van der Waals surface area contributed by atoms with Crippen molar-refractivity contribution in [3.8, 4) is 11.5 Å². The Kier molecular flexibility index (Phi) is 7.28. The summed E-state index contributed by atoms with van der Waals surface area (Å²) >= 11 is 0. The van der Waals surface area contributed by atoms with Crippen molar-refractivity contribution in [2.24, 2.45) is 0 Å². The van der Waals surface area contributed by atoms with E-state index in [2.05, 4.69) is 11.6 Å². The number of nitrogens with one attached hydrogen (secondary N) is 1. The van der Waals surface area contributed by atoms with E-state index in [9.17, 15) is 8.42 Å². The van der Waals surface area contributed by atoms with Crippen LogP contribution in [0.2, 0.25) is 0 Å². The van der Waals surface area contributed by atoms with Gasteiger partial charge in [0.15, 0.2) is 0 Å². The molecule has 6 heteroatoms. The van der Waals surface area contributed by atoms with Gasteiger partial charge >= 0.3 is 0 Å². The van der Waals surface area contributed by atoms with Gasteiger partial charge in [-0.3, -0.25) is 0 Å². The van der Waals surface area contributed by atoms with Gasteiger partial charge < -0.3 is 9.47 Å². The molecular formula is C19H25NO4S. The third-order valence-electron chi connectivity index (χ3n) is 3.82. The van der Waals surface area contributed by atoms with Crippen molar-refractivity contribution in [2.75, 3.05) is 26.0 Å². The minimum atomic E-state index is -3.36. The summed E-state index contributed by atoms with van der Waals surface area (Å²) in [7, 11) is -1.75. The fourth-order valence-electron chi connectivity index (χ4n) is 2.34. The average Bonchev–Trinajstić information content (AvgIpc) is 2.62. The Labute approximate surface area is 150 Å². The van der Waals surface area contributed by atoms with Crippen molar-refractivity contribution in [3.63, 3.8) is 0 Å². The molecule has 0 aliphatic rings. The van der Waals surface area contributed by atoms with Crippen LogP contribution in [-0.4, -0.2) is 34.4 Å². The molecule has 0 heterocycles. The molecule has 0 bridgehead atoms. The molecule has 0 spiro atoms. The van der Waals surface area contributed by atoms with Gasteiger partial charge in [0, 0.05) is 6.54 Å². The van der Waals surface area contributed by atoms with Crippen LogP contribution < -0.4 is 14.2 Å². The van der Waals surface area contributed by atoms with E-state index in [0.29, 0.717) is 18.7 Å². The Morgan fingerprint density at radius 3 is 2.44 bits per heavy atom. The number of sulfonamides is 1. The Morgan fingerprint density at radius 2 is 1.76 bits per heavy atom. The predicted octanol–water partition coefficient (Wildman–Crippen LogP) is 2.80. The molecule has 25 heavy (non-hydrogen) atoms. The van der Waals surface area contributed by atoms with Crippen LogP contribution in [0.4, 0.5) is 0 Å². The number of rotatable bonds is 10. The van der Waals surface area contributed by atoms with E-state index in [0.717, 1.165) is 17.7 Å². The van der Waals surface area contributed by atoms with Crippen molar-refractivity contribution in [3.05, 3.63) is 59.7 Å². The second kappa shape index (κ2) is 9.44. The summed E-state index contributed by atoms with van der Waals surface area (Å²) in [5, 5.41) is 0. The van der Waals surface area contributed by atoms with Crippen LogP contribution in [0.1, 0.15) is 18.1 Å². The summed E-state index contributed by atoms with van der Waals surface area (Å²) in [5.74, 6) is 1.38. The first-order valence-electron chi connectivity index (χ1n) is 8.34. The van der Waals surface area contributed by atoms with Gasteiger partial charge in [-0.2, -0.15) is 0 Å². The first kappa shape index (κ1) is 19.3. The summed E-state index contributed by atoms with van der Waals surface area (Å²) in [6.07, 6.45) is 1.57. The highest BCUT2D eigenvalue weighted by Gasteiger charge is 2.10. The average molecular weight is 363 g/mol. The second-order valence-electron chi connectivity index (χ2n) is 5.66. The Balaban J connectivity index is 1.73. The lowest BCUT2D eigenvalue weighted by atomic mass is 10.1. The van der Waals surface area contributed by atoms with E-state index >= 15 is 0 Å². The summed E-state index contributed by atoms with van der Waals surface area (Å²) in [6.45, 7) is 2.56. The molecule has 0 amide bonds. The van der Waals surface area contributed by atoms with Crippen LogP contribution in [0.25, 0.3) is 0 Å². The van der Waals surface area contributed by atoms with Gasteiger partial charge in [-0.15, -0.1) is 0 Å². The quantitative estimate of drug-likeness (QED) is 0.705. The van der Waals surface area contributed by atoms with Gasteiger partial charge in [0.1, 0.15) is 18.1 Å². The van der Waals surface area contributed by atoms with Crippen molar-refractivity contribution < 1.29 is 17.9 Å². The topological polar surface area (TPSA) is 64.6 Å². The minimum Gasteiger partial charge on any atom is -0.497 e. The van der Waals surface area contributed by atoms with E-state index < -0.39 is 10.0 Å². The fraction of sp³-hybridized carbons (Fsp3) is 0.368. The van der Waals surface area contributed by atoms with Crippen LogP contribution >= 0.6 is 0 Å². The fourth-order valence-corrected chi connectivity index (χ4v) is 3.20. The van der Waals surface area contributed by atoms with Crippen molar-refractivity contribution in [1.29, 1.82) is 0 Å². The van der Waals surface area contributed by atoms with Crippen LogP contribution in [0.3, 0.4) is 0 Å².